The number of benzene rings is 2. The van der Waals surface area contributed by atoms with Crippen molar-refractivity contribution >= 4 is 22.4 Å². The maximum Gasteiger partial charge on any atom is 0.246 e. The lowest BCUT2D eigenvalue weighted by molar-refractivity contribution is -0.128. The number of piperidine rings is 1. The average molecular weight is 448 g/mol. The predicted octanol–water partition coefficient (Wildman–Crippen LogP) is 6.41. The molecule has 4 rings (SSSR count). The number of amides is 1. The number of ether oxygens (including phenoxy) is 2. The first kappa shape index (κ1) is 23.0. The Morgan fingerprint density at radius 3 is 2.55 bits per heavy atom. The van der Waals surface area contributed by atoms with Gasteiger partial charge in [-0.25, -0.2) is 0 Å². The van der Waals surface area contributed by atoms with Crippen LogP contribution < -0.4 is 9.47 Å². The fourth-order valence-electron chi connectivity index (χ4n) is 4.91. The van der Waals surface area contributed by atoms with Crippen LogP contribution in [0.3, 0.4) is 0 Å². The number of carbonyl (C=O) groups excluding carboxylic acids is 1. The van der Waals surface area contributed by atoms with Gasteiger partial charge in [-0.05, 0) is 49.8 Å². The van der Waals surface area contributed by atoms with Crippen LogP contribution in [0.4, 0.5) is 0 Å². The van der Waals surface area contributed by atoms with Crippen molar-refractivity contribution in [1.29, 1.82) is 0 Å². The van der Waals surface area contributed by atoms with Crippen LogP contribution >= 0.6 is 0 Å². The number of rotatable bonds is 6. The molecular weight excluding hydrogens is 414 g/mol. The first-order chi connectivity index (χ1) is 15.9. The van der Waals surface area contributed by atoms with Crippen molar-refractivity contribution in [3.8, 4) is 22.6 Å². The molecule has 174 valence electrons. The number of hydrogen-bond donors (Lipinski definition) is 0. The van der Waals surface area contributed by atoms with Gasteiger partial charge >= 0.3 is 0 Å². The van der Waals surface area contributed by atoms with Gasteiger partial charge in [-0.15, -0.1) is 0 Å². The van der Waals surface area contributed by atoms with Gasteiger partial charge in [0.1, 0.15) is 17.1 Å². The van der Waals surface area contributed by atoms with E-state index in [1.54, 1.807) is 19.4 Å². The molecule has 2 aromatic carbocycles. The Hall–Kier alpha value is -3.21. The summed E-state index contributed by atoms with van der Waals surface area (Å²) in [6, 6.07) is 11.9. The molecule has 0 bridgehead atoms. The standard InChI is InChI=1S/C28H33NO4/c1-6-32-26-14-27-23(24(17-33-27)21-9-7-8-10-25(21)31-5)13-22(26)20(4)12-28(30)29-15-18(2)11-19(3)16-29/h7-10,12-14,17-19H,6,11,15-16H2,1-5H3/b20-12+. The largest absolute Gasteiger partial charge is 0.496 e. The van der Waals surface area contributed by atoms with Gasteiger partial charge in [0.2, 0.25) is 5.91 Å². The van der Waals surface area contributed by atoms with Crippen LogP contribution in [0.5, 0.6) is 11.5 Å². The van der Waals surface area contributed by atoms with Crippen molar-refractivity contribution in [2.24, 2.45) is 11.8 Å². The monoisotopic (exact) mass is 447 g/mol. The lowest BCUT2D eigenvalue weighted by Crippen LogP contribution is -2.41. The second-order valence-electron chi connectivity index (χ2n) is 9.14. The van der Waals surface area contributed by atoms with E-state index in [2.05, 4.69) is 19.9 Å². The predicted molar refractivity (Wildman–Crippen MR) is 133 cm³/mol. The molecule has 1 amide bonds. The van der Waals surface area contributed by atoms with Crippen LogP contribution in [-0.2, 0) is 4.79 Å². The summed E-state index contributed by atoms with van der Waals surface area (Å²) in [5.74, 6) is 2.61. The smallest absolute Gasteiger partial charge is 0.246 e. The van der Waals surface area contributed by atoms with Crippen LogP contribution in [0.15, 0.2) is 53.2 Å². The summed E-state index contributed by atoms with van der Waals surface area (Å²) in [6.07, 6.45) is 4.67. The summed E-state index contributed by atoms with van der Waals surface area (Å²) in [6.45, 7) is 10.5. The number of allylic oxidation sites excluding steroid dienone is 1. The zero-order valence-electron chi connectivity index (χ0n) is 20.2. The van der Waals surface area contributed by atoms with Crippen LogP contribution in [0.25, 0.3) is 27.7 Å². The number of methoxy groups -OCH3 is 1. The van der Waals surface area contributed by atoms with Crippen molar-refractivity contribution in [2.75, 3.05) is 26.8 Å². The van der Waals surface area contributed by atoms with Crippen molar-refractivity contribution in [3.63, 3.8) is 0 Å². The van der Waals surface area contributed by atoms with Gasteiger partial charge in [0.05, 0.1) is 20.0 Å². The second kappa shape index (κ2) is 9.74. The van der Waals surface area contributed by atoms with Crippen LogP contribution in [0.2, 0.25) is 0 Å². The SMILES string of the molecule is CCOc1cc2occ(-c3ccccc3OC)c2cc1/C(C)=C/C(=O)N1CC(C)CC(C)C1. The molecule has 2 unspecified atom stereocenters. The normalized spacial score (nSPS) is 19.1. The Morgan fingerprint density at radius 2 is 1.85 bits per heavy atom. The third-order valence-electron chi connectivity index (χ3n) is 6.32. The Morgan fingerprint density at radius 1 is 1.12 bits per heavy atom. The van der Waals surface area contributed by atoms with Crippen molar-refractivity contribution in [2.45, 2.75) is 34.1 Å². The fraction of sp³-hybridized carbons (Fsp3) is 0.393. The molecule has 2 heterocycles. The molecule has 0 saturated carbocycles. The molecule has 33 heavy (non-hydrogen) atoms. The van der Waals surface area contributed by atoms with Gasteiger partial charge < -0.3 is 18.8 Å². The third kappa shape index (κ3) is 4.77. The van der Waals surface area contributed by atoms with E-state index in [1.807, 2.05) is 49.1 Å². The average Bonchev–Trinajstić information content (AvgIpc) is 3.20. The number of furan rings is 1. The molecule has 1 saturated heterocycles. The molecule has 3 aromatic rings. The van der Waals surface area contributed by atoms with Crippen LogP contribution in [0.1, 0.15) is 39.7 Å². The highest BCUT2D eigenvalue weighted by Gasteiger charge is 2.25. The quantitative estimate of drug-likeness (QED) is 0.410. The minimum atomic E-state index is 0.0607. The number of para-hydroxylation sites is 1. The topological polar surface area (TPSA) is 51.9 Å². The molecule has 0 radical (unpaired) electrons. The molecule has 0 spiro atoms. The maximum absolute atomic E-state index is 13.1. The number of carbonyl (C=O) groups is 1. The Labute approximate surface area is 196 Å². The minimum Gasteiger partial charge on any atom is -0.496 e. The molecule has 0 aliphatic carbocycles. The van der Waals surface area contributed by atoms with E-state index in [4.69, 9.17) is 13.9 Å². The molecule has 2 atom stereocenters. The van der Waals surface area contributed by atoms with Crippen molar-refractivity contribution in [3.05, 3.63) is 54.3 Å². The molecule has 1 aromatic heterocycles. The second-order valence-corrected chi connectivity index (χ2v) is 9.14. The van der Waals surface area contributed by atoms with Gasteiger partial charge in [-0.2, -0.15) is 0 Å². The van der Waals surface area contributed by atoms with Gasteiger partial charge in [-0.3, -0.25) is 4.79 Å². The first-order valence-electron chi connectivity index (χ1n) is 11.7. The fourth-order valence-corrected chi connectivity index (χ4v) is 4.91. The summed E-state index contributed by atoms with van der Waals surface area (Å²) >= 11 is 0. The highest BCUT2D eigenvalue weighted by atomic mass is 16.5. The Balaban J connectivity index is 1.76. The summed E-state index contributed by atoms with van der Waals surface area (Å²) in [4.78, 5) is 15.1. The zero-order chi connectivity index (χ0) is 23.5. The number of nitrogens with zero attached hydrogens (tertiary/aromatic N) is 1. The number of likely N-dealkylation sites (tertiary alicyclic amines) is 1. The lowest BCUT2D eigenvalue weighted by Gasteiger charge is -2.34. The van der Waals surface area contributed by atoms with Crippen molar-refractivity contribution < 1.29 is 18.7 Å². The van der Waals surface area contributed by atoms with Crippen LogP contribution in [-0.4, -0.2) is 37.6 Å². The highest BCUT2D eigenvalue weighted by Crippen LogP contribution is 2.40. The van der Waals surface area contributed by atoms with Gasteiger partial charge in [0.15, 0.2) is 0 Å². The summed E-state index contributed by atoms with van der Waals surface area (Å²) in [5.41, 5.74) is 4.42. The minimum absolute atomic E-state index is 0.0607. The number of hydrogen-bond acceptors (Lipinski definition) is 4. The van der Waals surface area contributed by atoms with E-state index in [0.717, 1.165) is 52.1 Å². The highest BCUT2D eigenvalue weighted by molar-refractivity contribution is 6.01. The number of fused-ring (bicyclic) bond motifs is 1. The summed E-state index contributed by atoms with van der Waals surface area (Å²) < 4.78 is 17.4. The lowest BCUT2D eigenvalue weighted by atomic mass is 9.91. The summed E-state index contributed by atoms with van der Waals surface area (Å²) in [7, 11) is 1.67. The molecule has 1 fully saturated rings. The third-order valence-corrected chi connectivity index (χ3v) is 6.32. The molecule has 1 aliphatic rings. The maximum atomic E-state index is 13.1. The first-order valence-corrected chi connectivity index (χ1v) is 11.7. The van der Waals surface area contributed by atoms with Crippen LogP contribution in [0, 0.1) is 11.8 Å². The van der Waals surface area contributed by atoms with E-state index < -0.39 is 0 Å². The van der Waals surface area contributed by atoms with E-state index >= 15 is 0 Å². The Bertz CT molecular complexity index is 1170. The van der Waals surface area contributed by atoms with E-state index in [1.165, 1.54) is 6.42 Å². The van der Waals surface area contributed by atoms with Gasteiger partial charge in [-0.1, -0.05) is 32.0 Å². The van der Waals surface area contributed by atoms with E-state index in [0.29, 0.717) is 24.2 Å². The molecule has 0 N–H and O–H groups in total. The zero-order valence-corrected chi connectivity index (χ0v) is 20.2. The molecular formula is C28H33NO4. The van der Waals surface area contributed by atoms with E-state index in [-0.39, 0.29) is 5.91 Å². The summed E-state index contributed by atoms with van der Waals surface area (Å²) in [5, 5.41) is 0.957. The van der Waals surface area contributed by atoms with Gasteiger partial charge in [0.25, 0.3) is 0 Å². The van der Waals surface area contributed by atoms with Crippen molar-refractivity contribution in [1.82, 2.24) is 4.90 Å². The Kier molecular flexibility index (Phi) is 6.77. The van der Waals surface area contributed by atoms with E-state index in [9.17, 15) is 4.79 Å². The molecule has 5 nitrogen and oxygen atoms in total. The van der Waals surface area contributed by atoms with Gasteiger partial charge in [0, 0.05) is 47.3 Å². The molecule has 1 aliphatic heterocycles. The molecule has 5 heteroatoms.